The minimum atomic E-state index is -0.0814. The Morgan fingerprint density at radius 3 is 2.32 bits per heavy atom. The highest BCUT2D eigenvalue weighted by molar-refractivity contribution is 6.36. The van der Waals surface area contributed by atoms with E-state index in [2.05, 4.69) is 4.98 Å². The first-order chi connectivity index (χ1) is 13.4. The summed E-state index contributed by atoms with van der Waals surface area (Å²) in [4.78, 5) is 15.1. The van der Waals surface area contributed by atoms with Crippen LogP contribution in [0.25, 0.3) is 0 Å². The molecule has 0 saturated heterocycles. The zero-order valence-corrected chi connectivity index (χ0v) is 16.8. The number of hydrogen-bond acceptors (Lipinski definition) is 4. The number of nitrogens with zero attached hydrogens (tertiary/aromatic N) is 1. The fraction of sp³-hybridized carbons (Fsp3) is 0.182. The van der Waals surface area contributed by atoms with Gasteiger partial charge in [0, 0.05) is 35.3 Å². The molecule has 0 spiro atoms. The van der Waals surface area contributed by atoms with Crippen molar-refractivity contribution in [2.24, 2.45) is 0 Å². The number of rotatable bonds is 7. The van der Waals surface area contributed by atoms with Crippen molar-refractivity contribution in [3.63, 3.8) is 0 Å². The Morgan fingerprint density at radius 1 is 1.00 bits per heavy atom. The number of halogens is 2. The first-order valence-corrected chi connectivity index (χ1v) is 9.48. The molecule has 3 aromatic rings. The van der Waals surface area contributed by atoms with E-state index in [0.29, 0.717) is 28.6 Å². The van der Waals surface area contributed by atoms with E-state index >= 15 is 0 Å². The molecule has 6 heteroatoms. The summed E-state index contributed by atoms with van der Waals surface area (Å²) in [7, 11) is 0. The predicted octanol–water partition coefficient (Wildman–Crippen LogP) is 5.24. The first-order valence-electron chi connectivity index (χ1n) is 8.72. The maximum absolute atomic E-state index is 11.1. The SMILES string of the molecule is CC(=O)COc1cc(Cl)c(Cc2ccc(O)c(Cc3ccncc3)c2)c(Cl)c1. The second-order valence-corrected chi connectivity index (χ2v) is 7.34. The van der Waals surface area contributed by atoms with Gasteiger partial charge in [0.15, 0.2) is 5.78 Å². The van der Waals surface area contributed by atoms with Crippen molar-refractivity contribution in [3.8, 4) is 11.5 Å². The number of pyridine rings is 1. The number of benzene rings is 2. The zero-order chi connectivity index (χ0) is 20.1. The minimum Gasteiger partial charge on any atom is -0.508 e. The third kappa shape index (κ3) is 5.24. The van der Waals surface area contributed by atoms with Gasteiger partial charge in [0.2, 0.25) is 0 Å². The molecule has 4 nitrogen and oxygen atoms in total. The van der Waals surface area contributed by atoms with E-state index < -0.39 is 0 Å². The molecule has 1 aromatic heterocycles. The molecule has 0 aliphatic carbocycles. The van der Waals surface area contributed by atoms with Crippen LogP contribution in [0.1, 0.15) is 29.2 Å². The summed E-state index contributed by atoms with van der Waals surface area (Å²) in [5.74, 6) is 0.617. The van der Waals surface area contributed by atoms with E-state index in [-0.39, 0.29) is 18.1 Å². The van der Waals surface area contributed by atoms with Crippen molar-refractivity contribution >= 4 is 29.0 Å². The summed E-state index contributed by atoms with van der Waals surface area (Å²) in [5, 5.41) is 11.1. The van der Waals surface area contributed by atoms with Crippen LogP contribution in [0.2, 0.25) is 10.0 Å². The number of phenolic OH excluding ortho intramolecular Hbond substituents is 1. The van der Waals surface area contributed by atoms with Crippen molar-refractivity contribution in [1.82, 2.24) is 4.98 Å². The van der Waals surface area contributed by atoms with Gasteiger partial charge in [-0.1, -0.05) is 35.3 Å². The van der Waals surface area contributed by atoms with Gasteiger partial charge in [0.1, 0.15) is 18.1 Å². The smallest absolute Gasteiger partial charge is 0.167 e. The van der Waals surface area contributed by atoms with E-state index in [0.717, 1.165) is 22.3 Å². The Hall–Kier alpha value is -2.56. The molecule has 3 rings (SSSR count). The Balaban J connectivity index is 1.81. The lowest BCUT2D eigenvalue weighted by Crippen LogP contribution is -2.06. The van der Waals surface area contributed by atoms with Crippen LogP contribution in [0.5, 0.6) is 11.5 Å². The first kappa shape index (κ1) is 20.2. The molecule has 0 fully saturated rings. The molecule has 0 aliphatic rings. The lowest BCUT2D eigenvalue weighted by molar-refractivity contribution is -0.118. The Bertz CT molecular complexity index is 967. The van der Waals surface area contributed by atoms with Crippen LogP contribution in [0.4, 0.5) is 0 Å². The number of aromatic hydroxyl groups is 1. The van der Waals surface area contributed by atoms with Gasteiger partial charge in [0.25, 0.3) is 0 Å². The molecule has 0 saturated carbocycles. The van der Waals surface area contributed by atoms with E-state index in [1.807, 2.05) is 24.3 Å². The molecule has 2 aromatic carbocycles. The summed E-state index contributed by atoms with van der Waals surface area (Å²) in [6.45, 7) is 1.42. The molecular weight excluding hydrogens is 397 g/mol. The molecule has 0 radical (unpaired) electrons. The largest absolute Gasteiger partial charge is 0.508 e. The monoisotopic (exact) mass is 415 g/mol. The molecule has 0 amide bonds. The molecule has 0 bridgehead atoms. The van der Waals surface area contributed by atoms with Gasteiger partial charge in [-0.3, -0.25) is 9.78 Å². The molecule has 1 heterocycles. The zero-order valence-electron chi connectivity index (χ0n) is 15.3. The van der Waals surface area contributed by atoms with Crippen LogP contribution in [0.3, 0.4) is 0 Å². The van der Waals surface area contributed by atoms with Crippen LogP contribution in [-0.2, 0) is 17.6 Å². The number of aromatic nitrogens is 1. The highest BCUT2D eigenvalue weighted by Crippen LogP contribution is 2.33. The van der Waals surface area contributed by atoms with Crippen molar-refractivity contribution in [1.29, 1.82) is 0 Å². The maximum atomic E-state index is 11.1. The highest BCUT2D eigenvalue weighted by Gasteiger charge is 2.12. The molecule has 0 aliphatic heterocycles. The standard InChI is InChI=1S/C22H19Cl2NO3/c1-14(26)13-28-18-11-20(23)19(21(24)12-18)10-16-2-3-22(27)17(9-16)8-15-4-6-25-7-5-15/h2-7,9,11-12,27H,8,10,13H2,1H3. The molecule has 28 heavy (non-hydrogen) atoms. The third-order valence-corrected chi connectivity index (χ3v) is 4.90. The molecule has 1 N–H and O–H groups in total. The van der Waals surface area contributed by atoms with Crippen molar-refractivity contribution in [3.05, 3.63) is 87.2 Å². The number of carbonyl (C=O) groups is 1. The number of ketones is 1. The Kier molecular flexibility index (Phi) is 6.55. The van der Waals surface area contributed by atoms with E-state index in [9.17, 15) is 9.90 Å². The summed E-state index contributed by atoms with van der Waals surface area (Å²) in [5.41, 5.74) is 3.62. The van der Waals surface area contributed by atoms with E-state index in [1.54, 1.807) is 30.6 Å². The predicted molar refractivity (Wildman–Crippen MR) is 111 cm³/mol. The van der Waals surface area contributed by atoms with E-state index in [1.165, 1.54) is 6.92 Å². The van der Waals surface area contributed by atoms with Crippen molar-refractivity contribution in [2.45, 2.75) is 19.8 Å². The van der Waals surface area contributed by atoms with Crippen LogP contribution in [0, 0.1) is 0 Å². The number of carbonyl (C=O) groups excluding carboxylic acids is 1. The quantitative estimate of drug-likeness (QED) is 0.572. The average molecular weight is 416 g/mol. The fourth-order valence-electron chi connectivity index (χ4n) is 2.83. The number of Topliss-reactive ketones (excluding diaryl/α,β-unsaturated/α-hetero) is 1. The van der Waals surface area contributed by atoms with Crippen LogP contribution in [-0.4, -0.2) is 22.5 Å². The van der Waals surface area contributed by atoms with Crippen LogP contribution < -0.4 is 4.74 Å². The summed E-state index contributed by atoms with van der Waals surface area (Å²) in [6.07, 6.45) is 4.56. The topological polar surface area (TPSA) is 59.4 Å². The Morgan fingerprint density at radius 2 is 1.68 bits per heavy atom. The number of ether oxygens (including phenoxy) is 1. The number of hydrogen-bond donors (Lipinski definition) is 1. The van der Waals surface area contributed by atoms with Crippen LogP contribution in [0.15, 0.2) is 54.9 Å². The molecular formula is C22H19Cl2NO3. The van der Waals surface area contributed by atoms with Gasteiger partial charge in [-0.2, -0.15) is 0 Å². The molecule has 0 atom stereocenters. The van der Waals surface area contributed by atoms with Gasteiger partial charge in [0.05, 0.1) is 0 Å². The van der Waals surface area contributed by atoms with Crippen molar-refractivity contribution in [2.75, 3.05) is 6.61 Å². The lowest BCUT2D eigenvalue weighted by Gasteiger charge is -2.12. The van der Waals surface area contributed by atoms with Gasteiger partial charge in [-0.05, 0) is 59.5 Å². The second kappa shape index (κ2) is 9.09. The van der Waals surface area contributed by atoms with E-state index in [4.69, 9.17) is 27.9 Å². The summed E-state index contributed by atoms with van der Waals surface area (Å²) >= 11 is 12.8. The van der Waals surface area contributed by atoms with Gasteiger partial charge in [-0.15, -0.1) is 0 Å². The van der Waals surface area contributed by atoms with Crippen LogP contribution >= 0.6 is 23.2 Å². The minimum absolute atomic E-state index is 0.0255. The molecule has 144 valence electrons. The van der Waals surface area contributed by atoms with Gasteiger partial charge < -0.3 is 9.84 Å². The Labute approximate surface area is 173 Å². The summed E-state index contributed by atoms with van der Waals surface area (Å²) in [6, 6.07) is 12.6. The average Bonchev–Trinajstić information content (AvgIpc) is 2.66. The maximum Gasteiger partial charge on any atom is 0.167 e. The number of phenols is 1. The lowest BCUT2D eigenvalue weighted by atomic mass is 9.98. The summed E-state index contributed by atoms with van der Waals surface area (Å²) < 4.78 is 5.38. The fourth-order valence-corrected chi connectivity index (χ4v) is 3.43. The normalized spacial score (nSPS) is 10.7. The third-order valence-electron chi connectivity index (χ3n) is 4.23. The second-order valence-electron chi connectivity index (χ2n) is 6.53. The highest BCUT2D eigenvalue weighted by atomic mass is 35.5. The van der Waals surface area contributed by atoms with Gasteiger partial charge >= 0.3 is 0 Å². The van der Waals surface area contributed by atoms with Gasteiger partial charge in [-0.25, -0.2) is 0 Å². The van der Waals surface area contributed by atoms with Crippen molar-refractivity contribution < 1.29 is 14.6 Å². The molecule has 0 unspecified atom stereocenters.